The molecule has 1 aromatic carbocycles. The molecule has 0 heterocycles. The highest BCUT2D eigenvalue weighted by Crippen LogP contribution is 2.25. The van der Waals surface area contributed by atoms with Gasteiger partial charge >= 0.3 is 6.09 Å². The number of halogens is 1. The zero-order valence-electron chi connectivity index (χ0n) is 11.3. The van der Waals surface area contributed by atoms with Crippen LogP contribution in [0.2, 0.25) is 0 Å². The van der Waals surface area contributed by atoms with Gasteiger partial charge in [0.25, 0.3) is 0 Å². The standard InChI is InChI=1S/C14H20INO2/c1-5-18-13(17)16-12-7-6-10(8-11(12)15)9-14(2,3)4/h6-8H,5,9H2,1-4H3,(H,16,17). The SMILES string of the molecule is CCOC(=O)Nc1ccc(CC(C)(C)C)cc1I. The van der Waals surface area contributed by atoms with Crippen molar-refractivity contribution >= 4 is 34.4 Å². The molecule has 0 saturated heterocycles. The second kappa shape index (κ2) is 6.41. The average molecular weight is 361 g/mol. The highest BCUT2D eigenvalue weighted by molar-refractivity contribution is 14.1. The summed E-state index contributed by atoms with van der Waals surface area (Å²) in [5, 5.41) is 2.73. The van der Waals surface area contributed by atoms with E-state index in [4.69, 9.17) is 4.74 Å². The summed E-state index contributed by atoms with van der Waals surface area (Å²) in [6.45, 7) is 8.81. The molecule has 0 aliphatic heterocycles. The van der Waals surface area contributed by atoms with Gasteiger partial charge in [-0.05, 0) is 59.0 Å². The number of amides is 1. The van der Waals surface area contributed by atoms with Crippen molar-refractivity contribution in [1.29, 1.82) is 0 Å². The molecule has 0 aliphatic rings. The largest absolute Gasteiger partial charge is 0.450 e. The fraction of sp³-hybridized carbons (Fsp3) is 0.500. The molecule has 4 heteroatoms. The number of benzene rings is 1. The van der Waals surface area contributed by atoms with Gasteiger partial charge < -0.3 is 4.74 Å². The molecule has 100 valence electrons. The molecule has 0 bridgehead atoms. The van der Waals surface area contributed by atoms with Crippen LogP contribution in [0.4, 0.5) is 10.5 Å². The molecule has 0 fully saturated rings. The Hall–Kier alpha value is -0.780. The molecule has 1 aromatic rings. The van der Waals surface area contributed by atoms with Crippen molar-refractivity contribution in [3.63, 3.8) is 0 Å². The van der Waals surface area contributed by atoms with Gasteiger partial charge in [-0.2, -0.15) is 0 Å². The van der Waals surface area contributed by atoms with E-state index < -0.39 is 6.09 Å². The smallest absolute Gasteiger partial charge is 0.411 e. The molecule has 0 aliphatic carbocycles. The van der Waals surface area contributed by atoms with Crippen LogP contribution in [0.1, 0.15) is 33.3 Å². The van der Waals surface area contributed by atoms with E-state index in [1.165, 1.54) is 5.56 Å². The van der Waals surface area contributed by atoms with Crippen molar-refractivity contribution < 1.29 is 9.53 Å². The van der Waals surface area contributed by atoms with Crippen molar-refractivity contribution in [3.05, 3.63) is 27.3 Å². The average Bonchev–Trinajstić information content (AvgIpc) is 2.20. The lowest BCUT2D eigenvalue weighted by atomic mass is 9.88. The van der Waals surface area contributed by atoms with Gasteiger partial charge in [-0.15, -0.1) is 0 Å². The number of carbonyl (C=O) groups is 1. The van der Waals surface area contributed by atoms with Gasteiger partial charge in [-0.25, -0.2) is 4.79 Å². The van der Waals surface area contributed by atoms with Gasteiger partial charge in [0, 0.05) is 3.57 Å². The molecule has 0 aromatic heterocycles. The summed E-state index contributed by atoms with van der Waals surface area (Å²) in [6, 6.07) is 6.09. The van der Waals surface area contributed by atoms with Gasteiger partial charge in [0.1, 0.15) is 0 Å². The van der Waals surface area contributed by atoms with Gasteiger partial charge in [-0.3, -0.25) is 5.32 Å². The summed E-state index contributed by atoms with van der Waals surface area (Å²) in [6.07, 6.45) is 0.613. The summed E-state index contributed by atoms with van der Waals surface area (Å²) < 4.78 is 5.89. The number of hydrogen-bond donors (Lipinski definition) is 1. The third-order valence-corrected chi connectivity index (χ3v) is 3.17. The highest BCUT2D eigenvalue weighted by Gasteiger charge is 2.13. The molecule has 1 amide bonds. The Morgan fingerprint density at radius 1 is 1.39 bits per heavy atom. The van der Waals surface area contributed by atoms with E-state index in [0.717, 1.165) is 15.7 Å². The van der Waals surface area contributed by atoms with E-state index in [1.54, 1.807) is 6.92 Å². The normalized spacial score (nSPS) is 11.2. The molecule has 0 spiro atoms. The fourth-order valence-electron chi connectivity index (χ4n) is 1.66. The Bertz CT molecular complexity index is 424. The van der Waals surface area contributed by atoms with Crippen LogP contribution in [0.5, 0.6) is 0 Å². The van der Waals surface area contributed by atoms with E-state index in [-0.39, 0.29) is 5.41 Å². The first-order valence-corrected chi connectivity index (χ1v) is 7.12. The second-order valence-electron chi connectivity index (χ2n) is 5.40. The van der Waals surface area contributed by atoms with Crippen LogP contribution in [0, 0.1) is 8.99 Å². The van der Waals surface area contributed by atoms with E-state index in [1.807, 2.05) is 6.07 Å². The van der Waals surface area contributed by atoms with E-state index >= 15 is 0 Å². The Morgan fingerprint density at radius 3 is 2.56 bits per heavy atom. The first-order valence-electron chi connectivity index (χ1n) is 6.04. The lowest BCUT2D eigenvalue weighted by molar-refractivity contribution is 0.168. The van der Waals surface area contributed by atoms with Crippen molar-refractivity contribution in [2.45, 2.75) is 34.1 Å². The third kappa shape index (κ3) is 5.25. The fourth-order valence-corrected chi connectivity index (χ4v) is 2.37. The second-order valence-corrected chi connectivity index (χ2v) is 6.56. The minimum absolute atomic E-state index is 0.263. The first kappa shape index (κ1) is 15.3. The van der Waals surface area contributed by atoms with Crippen LogP contribution >= 0.6 is 22.6 Å². The Balaban J connectivity index is 2.77. The van der Waals surface area contributed by atoms with Crippen LogP contribution in [0.15, 0.2) is 18.2 Å². The zero-order valence-corrected chi connectivity index (χ0v) is 13.5. The predicted molar refractivity (Wildman–Crippen MR) is 83.0 cm³/mol. The minimum Gasteiger partial charge on any atom is -0.450 e. The van der Waals surface area contributed by atoms with Gasteiger partial charge in [0.2, 0.25) is 0 Å². The van der Waals surface area contributed by atoms with Crippen molar-refractivity contribution in [2.24, 2.45) is 5.41 Å². The Labute approximate surface area is 122 Å². The lowest BCUT2D eigenvalue weighted by Gasteiger charge is -2.18. The Kier molecular flexibility index (Phi) is 5.44. The minimum atomic E-state index is -0.404. The maximum atomic E-state index is 11.3. The first-order chi connectivity index (χ1) is 8.31. The molecule has 1 rings (SSSR count). The van der Waals surface area contributed by atoms with E-state index in [0.29, 0.717) is 6.61 Å². The maximum Gasteiger partial charge on any atom is 0.411 e. The van der Waals surface area contributed by atoms with E-state index in [2.05, 4.69) is 60.8 Å². The van der Waals surface area contributed by atoms with Crippen LogP contribution in [-0.2, 0) is 11.2 Å². The van der Waals surface area contributed by atoms with Gasteiger partial charge in [-0.1, -0.05) is 26.8 Å². The topological polar surface area (TPSA) is 38.3 Å². The lowest BCUT2D eigenvalue weighted by Crippen LogP contribution is -2.14. The van der Waals surface area contributed by atoms with Crippen LogP contribution in [-0.4, -0.2) is 12.7 Å². The number of anilines is 1. The summed E-state index contributed by atoms with van der Waals surface area (Å²) in [7, 11) is 0. The van der Waals surface area contributed by atoms with Crippen molar-refractivity contribution in [1.82, 2.24) is 0 Å². The molecule has 1 N–H and O–H groups in total. The molecular formula is C14H20INO2. The Morgan fingerprint density at radius 2 is 2.06 bits per heavy atom. The summed E-state index contributed by atoms with van der Waals surface area (Å²) in [5.74, 6) is 0. The van der Waals surface area contributed by atoms with Crippen LogP contribution < -0.4 is 5.32 Å². The zero-order chi connectivity index (χ0) is 13.8. The number of hydrogen-bond acceptors (Lipinski definition) is 2. The summed E-state index contributed by atoms with van der Waals surface area (Å²) >= 11 is 2.23. The monoisotopic (exact) mass is 361 g/mol. The number of nitrogens with one attached hydrogen (secondary N) is 1. The molecule has 0 unspecified atom stereocenters. The molecule has 18 heavy (non-hydrogen) atoms. The van der Waals surface area contributed by atoms with E-state index in [9.17, 15) is 4.79 Å². The molecule has 0 radical (unpaired) electrons. The number of rotatable bonds is 3. The van der Waals surface area contributed by atoms with Crippen molar-refractivity contribution in [2.75, 3.05) is 11.9 Å². The third-order valence-electron chi connectivity index (χ3n) is 2.28. The summed E-state index contributed by atoms with van der Waals surface area (Å²) in [4.78, 5) is 11.3. The van der Waals surface area contributed by atoms with Gasteiger partial charge in [0.05, 0.1) is 12.3 Å². The van der Waals surface area contributed by atoms with Crippen LogP contribution in [0.25, 0.3) is 0 Å². The molecule has 0 saturated carbocycles. The number of carbonyl (C=O) groups excluding carboxylic acids is 1. The maximum absolute atomic E-state index is 11.3. The predicted octanol–water partition coefficient (Wildman–Crippen LogP) is 4.45. The molecular weight excluding hydrogens is 341 g/mol. The highest BCUT2D eigenvalue weighted by atomic mass is 127. The van der Waals surface area contributed by atoms with Gasteiger partial charge in [0.15, 0.2) is 0 Å². The molecule has 0 atom stereocenters. The van der Waals surface area contributed by atoms with Crippen LogP contribution in [0.3, 0.4) is 0 Å². The summed E-state index contributed by atoms with van der Waals surface area (Å²) in [5.41, 5.74) is 2.34. The van der Waals surface area contributed by atoms with Crippen molar-refractivity contribution in [3.8, 4) is 0 Å². The quantitative estimate of drug-likeness (QED) is 0.808. The number of ether oxygens (including phenoxy) is 1. The molecule has 3 nitrogen and oxygen atoms in total.